The minimum atomic E-state index is -0.937. The number of carbonyl (C=O) groups excluding carboxylic acids is 2. The topological polar surface area (TPSA) is 157 Å². The lowest BCUT2D eigenvalue weighted by Crippen LogP contribution is -2.40. The van der Waals surface area contributed by atoms with Crippen molar-refractivity contribution in [2.24, 2.45) is 4.99 Å². The predicted molar refractivity (Wildman–Crippen MR) is 190 cm³/mol. The van der Waals surface area contributed by atoms with E-state index >= 15 is 0 Å². The Morgan fingerprint density at radius 2 is 1.82 bits per heavy atom. The van der Waals surface area contributed by atoms with Gasteiger partial charge in [0.2, 0.25) is 0 Å². The molecule has 0 spiro atoms. The number of nitro groups is 1. The molecule has 1 aliphatic rings. The molecule has 2 aromatic heterocycles. The van der Waals surface area contributed by atoms with Gasteiger partial charge in [0.25, 0.3) is 5.56 Å². The Hall–Kier alpha value is -6.41. The van der Waals surface area contributed by atoms with Crippen LogP contribution in [0.4, 0.5) is 5.69 Å². The highest BCUT2D eigenvalue weighted by Crippen LogP contribution is 2.34. The lowest BCUT2D eigenvalue weighted by molar-refractivity contribution is -0.385. The number of benzene rings is 3. The molecule has 0 saturated carbocycles. The van der Waals surface area contributed by atoms with Gasteiger partial charge in [0.15, 0.2) is 10.6 Å². The number of ether oxygens (including phenoxy) is 3. The number of esters is 2. The summed E-state index contributed by atoms with van der Waals surface area (Å²) in [4.78, 5) is 56.4. The summed E-state index contributed by atoms with van der Waals surface area (Å²) in [5.74, 6) is -1.08. The fraction of sp³-hybridized carbons (Fsp3) is 0.162. The summed E-state index contributed by atoms with van der Waals surface area (Å²) in [6, 6.07) is 19.4. The molecule has 13 nitrogen and oxygen atoms in total. The van der Waals surface area contributed by atoms with Gasteiger partial charge in [0, 0.05) is 23.4 Å². The summed E-state index contributed by atoms with van der Waals surface area (Å²) in [6.45, 7) is 7.22. The average molecular weight is 706 g/mol. The summed E-state index contributed by atoms with van der Waals surface area (Å²) in [7, 11) is 1.28. The first-order valence-corrected chi connectivity index (χ1v) is 16.5. The SMILES string of the molecule is C=CCOC(=O)C1=C(C)N=c2sc(=Cc3cn(-c4ccccc4)nc3-c3ccc(OCC)c([N+](=O)[O-])c3)c(=O)n2C1c1ccc(C(=O)OC)cc1. The number of rotatable bonds is 11. The van der Waals surface area contributed by atoms with E-state index in [-0.39, 0.29) is 34.8 Å². The Kier molecular flexibility index (Phi) is 9.86. The number of aromatic nitrogens is 3. The Bertz CT molecular complexity index is 2390. The smallest absolute Gasteiger partial charge is 0.338 e. The highest BCUT2D eigenvalue weighted by Gasteiger charge is 2.33. The molecule has 1 atom stereocenters. The molecule has 258 valence electrons. The standard InChI is InChI=1S/C37H31N5O8S/c1-5-18-50-36(45)31-22(3)38-37-41(33(31)23-12-14-24(15-13-23)35(44)48-4)34(43)30(51-37)20-26-21-40(27-10-8-7-9-11-27)39-32(26)25-16-17-29(49-6-2)28(19-25)42(46)47/h5,7-17,19-21,33H,1,6,18H2,2-4H3. The molecule has 1 unspecified atom stereocenters. The van der Waals surface area contributed by atoms with Crippen molar-refractivity contribution in [3.63, 3.8) is 0 Å². The number of hydrogen-bond donors (Lipinski definition) is 0. The molecule has 1 aliphatic heterocycles. The number of nitrogens with zero attached hydrogens (tertiary/aromatic N) is 5. The molecule has 0 aliphatic carbocycles. The summed E-state index contributed by atoms with van der Waals surface area (Å²) in [6.07, 6.45) is 4.83. The van der Waals surface area contributed by atoms with E-state index in [9.17, 15) is 24.5 Å². The second-order valence-electron chi connectivity index (χ2n) is 11.2. The zero-order valence-corrected chi connectivity index (χ0v) is 28.6. The molecule has 0 bridgehead atoms. The monoisotopic (exact) mass is 705 g/mol. The lowest BCUT2D eigenvalue weighted by atomic mass is 9.95. The third kappa shape index (κ3) is 6.76. The second-order valence-corrected chi connectivity index (χ2v) is 12.2. The minimum Gasteiger partial charge on any atom is -0.487 e. The van der Waals surface area contributed by atoms with Crippen LogP contribution in [0, 0.1) is 10.1 Å². The quantitative estimate of drug-likeness (QED) is 0.0806. The van der Waals surface area contributed by atoms with Gasteiger partial charge < -0.3 is 14.2 Å². The number of carbonyl (C=O) groups is 2. The van der Waals surface area contributed by atoms with Crippen molar-refractivity contribution < 1.29 is 28.7 Å². The highest BCUT2D eigenvalue weighted by molar-refractivity contribution is 7.07. The predicted octanol–water partition coefficient (Wildman–Crippen LogP) is 4.91. The molecule has 0 radical (unpaired) electrons. The number of thiazole rings is 1. The summed E-state index contributed by atoms with van der Waals surface area (Å²) >= 11 is 1.11. The maximum absolute atomic E-state index is 14.4. The fourth-order valence-corrected chi connectivity index (χ4v) is 6.72. The van der Waals surface area contributed by atoms with Crippen LogP contribution in [0.2, 0.25) is 0 Å². The summed E-state index contributed by atoms with van der Waals surface area (Å²) < 4.78 is 19.1. The van der Waals surface area contributed by atoms with E-state index in [1.165, 1.54) is 29.9 Å². The van der Waals surface area contributed by atoms with Crippen molar-refractivity contribution in [2.45, 2.75) is 19.9 Å². The van der Waals surface area contributed by atoms with Crippen LogP contribution in [0.25, 0.3) is 23.0 Å². The molecule has 0 N–H and O–H groups in total. The molecule has 5 aromatic rings. The van der Waals surface area contributed by atoms with E-state index in [0.29, 0.717) is 38.4 Å². The van der Waals surface area contributed by atoms with Crippen LogP contribution in [0.15, 0.2) is 113 Å². The van der Waals surface area contributed by atoms with Crippen molar-refractivity contribution >= 4 is 35.0 Å². The van der Waals surface area contributed by atoms with Gasteiger partial charge in [-0.1, -0.05) is 54.3 Å². The van der Waals surface area contributed by atoms with E-state index in [4.69, 9.17) is 19.3 Å². The van der Waals surface area contributed by atoms with Crippen molar-refractivity contribution in [2.75, 3.05) is 20.3 Å². The van der Waals surface area contributed by atoms with E-state index < -0.39 is 28.5 Å². The lowest BCUT2D eigenvalue weighted by Gasteiger charge is -2.24. The van der Waals surface area contributed by atoms with Crippen molar-refractivity contribution in [3.8, 4) is 22.7 Å². The normalized spacial score (nSPS) is 14.0. The third-order valence-corrected chi connectivity index (χ3v) is 8.98. The largest absolute Gasteiger partial charge is 0.487 e. The molecule has 14 heteroatoms. The van der Waals surface area contributed by atoms with E-state index in [1.54, 1.807) is 61.1 Å². The van der Waals surface area contributed by atoms with E-state index in [2.05, 4.69) is 11.6 Å². The first kappa shape index (κ1) is 34.5. The number of hydrogen-bond acceptors (Lipinski definition) is 11. The Morgan fingerprint density at radius 3 is 2.49 bits per heavy atom. The molecule has 0 amide bonds. The maximum atomic E-state index is 14.4. The van der Waals surface area contributed by atoms with Gasteiger partial charge in [-0.15, -0.1) is 0 Å². The fourth-order valence-electron chi connectivity index (χ4n) is 5.69. The second kappa shape index (κ2) is 14.6. The Labute approximate surface area is 294 Å². The molecular weight excluding hydrogens is 675 g/mol. The van der Waals surface area contributed by atoms with Gasteiger partial charge in [0.1, 0.15) is 12.3 Å². The van der Waals surface area contributed by atoms with Gasteiger partial charge in [-0.25, -0.2) is 19.3 Å². The van der Waals surface area contributed by atoms with Gasteiger partial charge >= 0.3 is 17.6 Å². The zero-order chi connectivity index (χ0) is 36.2. The number of methoxy groups -OCH3 is 1. The van der Waals surface area contributed by atoms with Gasteiger partial charge in [-0.3, -0.25) is 19.5 Å². The Balaban J connectivity index is 1.55. The molecule has 3 heterocycles. The van der Waals surface area contributed by atoms with Crippen LogP contribution >= 0.6 is 11.3 Å². The minimum absolute atomic E-state index is 0.0497. The van der Waals surface area contributed by atoms with Crippen LogP contribution in [0.5, 0.6) is 5.75 Å². The summed E-state index contributed by atoms with van der Waals surface area (Å²) in [5.41, 5.74) is 2.73. The molecule has 0 fully saturated rings. The van der Waals surface area contributed by atoms with Crippen LogP contribution in [-0.2, 0) is 14.3 Å². The van der Waals surface area contributed by atoms with Crippen LogP contribution in [-0.4, -0.2) is 51.5 Å². The van der Waals surface area contributed by atoms with Crippen molar-refractivity contribution in [1.29, 1.82) is 0 Å². The van der Waals surface area contributed by atoms with Crippen LogP contribution in [0.1, 0.15) is 41.4 Å². The van der Waals surface area contributed by atoms with E-state index in [1.807, 2.05) is 30.3 Å². The molecular formula is C37H31N5O8S. The van der Waals surface area contributed by atoms with Crippen LogP contribution < -0.4 is 19.6 Å². The summed E-state index contributed by atoms with van der Waals surface area (Å²) in [5, 5.41) is 16.8. The Morgan fingerprint density at radius 1 is 1.08 bits per heavy atom. The van der Waals surface area contributed by atoms with Crippen molar-refractivity contribution in [3.05, 3.63) is 149 Å². The first-order chi connectivity index (χ1) is 24.6. The maximum Gasteiger partial charge on any atom is 0.338 e. The average Bonchev–Trinajstić information content (AvgIpc) is 3.70. The number of fused-ring (bicyclic) bond motifs is 1. The molecule has 51 heavy (non-hydrogen) atoms. The van der Waals surface area contributed by atoms with Gasteiger partial charge in [-0.2, -0.15) is 5.10 Å². The molecule has 6 rings (SSSR count). The number of nitro benzene ring substituents is 1. The first-order valence-electron chi connectivity index (χ1n) is 15.7. The van der Waals surface area contributed by atoms with Crippen molar-refractivity contribution in [1.82, 2.24) is 14.3 Å². The van der Waals surface area contributed by atoms with Crippen LogP contribution in [0.3, 0.4) is 0 Å². The number of allylic oxidation sites excluding steroid dienone is 1. The molecule has 0 saturated heterocycles. The zero-order valence-electron chi connectivity index (χ0n) is 27.8. The van der Waals surface area contributed by atoms with E-state index in [0.717, 1.165) is 17.0 Å². The van der Waals surface area contributed by atoms with Gasteiger partial charge in [-0.05, 0) is 61.9 Å². The van der Waals surface area contributed by atoms with Gasteiger partial charge in [0.05, 0.1) is 51.7 Å². The molecule has 3 aromatic carbocycles. The number of para-hydroxylation sites is 1. The highest BCUT2D eigenvalue weighted by atomic mass is 32.1. The third-order valence-electron chi connectivity index (χ3n) is 8.00.